The molecule has 0 atom stereocenters. The van der Waals surface area contributed by atoms with Gasteiger partial charge in [0.2, 0.25) is 0 Å². The average Bonchev–Trinajstić information content (AvgIpc) is 2.43. The fourth-order valence-electron chi connectivity index (χ4n) is 1.33. The highest BCUT2D eigenvalue weighted by atomic mass is 16.3. The van der Waals surface area contributed by atoms with Crippen LogP contribution in [0.4, 0.5) is 0 Å². The Balaban J connectivity index is 2.72. The Morgan fingerprint density at radius 3 is 2.50 bits per heavy atom. The van der Waals surface area contributed by atoms with Crippen LogP contribution >= 0.6 is 0 Å². The van der Waals surface area contributed by atoms with Gasteiger partial charge in [0.1, 0.15) is 0 Å². The number of hydrogen-bond acceptors (Lipinski definition) is 2. The molecule has 0 radical (unpaired) electrons. The van der Waals surface area contributed by atoms with Crippen LogP contribution in [0.3, 0.4) is 0 Å². The normalized spacial score (nSPS) is 17.0. The van der Waals surface area contributed by atoms with E-state index in [0.29, 0.717) is 5.57 Å². The highest BCUT2D eigenvalue weighted by Crippen LogP contribution is 2.26. The Morgan fingerprint density at radius 2 is 2.10 bits per heavy atom. The van der Waals surface area contributed by atoms with Gasteiger partial charge in [-0.3, -0.25) is 0 Å². The second-order valence-corrected chi connectivity index (χ2v) is 2.56. The minimum atomic E-state index is -0.0775. The molecule has 1 N–H and O–H groups in total. The molecule has 1 fully saturated rings. The van der Waals surface area contributed by atoms with Gasteiger partial charge in [-0.1, -0.05) is 5.57 Å². The molecule has 1 saturated carbocycles. The van der Waals surface area contributed by atoms with E-state index < -0.39 is 0 Å². The zero-order chi connectivity index (χ0) is 7.40. The third kappa shape index (κ3) is 1.37. The van der Waals surface area contributed by atoms with E-state index in [1.165, 1.54) is 18.4 Å². The Hall–Kier alpha value is -0.810. The summed E-state index contributed by atoms with van der Waals surface area (Å²) in [5, 5.41) is 17.2. The van der Waals surface area contributed by atoms with E-state index in [2.05, 4.69) is 0 Å². The summed E-state index contributed by atoms with van der Waals surface area (Å²) in [4.78, 5) is 0. The van der Waals surface area contributed by atoms with Crippen molar-refractivity contribution in [1.82, 2.24) is 0 Å². The molecule has 0 saturated heterocycles. The molecule has 0 bridgehead atoms. The van der Waals surface area contributed by atoms with Crippen molar-refractivity contribution in [2.45, 2.75) is 25.7 Å². The van der Waals surface area contributed by atoms with Crippen LogP contribution in [0, 0.1) is 11.3 Å². The summed E-state index contributed by atoms with van der Waals surface area (Å²) >= 11 is 0. The quantitative estimate of drug-likeness (QED) is 0.555. The fraction of sp³-hybridized carbons (Fsp3) is 0.625. The maximum atomic E-state index is 8.71. The lowest BCUT2D eigenvalue weighted by Crippen LogP contribution is -1.90. The molecule has 0 aromatic carbocycles. The van der Waals surface area contributed by atoms with E-state index in [9.17, 15) is 0 Å². The van der Waals surface area contributed by atoms with Gasteiger partial charge in [0.05, 0.1) is 18.2 Å². The first-order valence-electron chi connectivity index (χ1n) is 3.60. The lowest BCUT2D eigenvalue weighted by atomic mass is 10.1. The third-order valence-corrected chi connectivity index (χ3v) is 1.93. The van der Waals surface area contributed by atoms with Gasteiger partial charge in [0, 0.05) is 0 Å². The molecule has 0 aliphatic heterocycles. The molecule has 54 valence electrons. The molecule has 1 aliphatic rings. The second-order valence-electron chi connectivity index (χ2n) is 2.56. The molecule has 0 spiro atoms. The second kappa shape index (κ2) is 3.38. The lowest BCUT2D eigenvalue weighted by Gasteiger charge is -1.96. The van der Waals surface area contributed by atoms with Crippen molar-refractivity contribution in [3.63, 3.8) is 0 Å². The molecule has 0 unspecified atom stereocenters. The van der Waals surface area contributed by atoms with Gasteiger partial charge in [-0.25, -0.2) is 0 Å². The molecular weight excluding hydrogens is 126 g/mol. The van der Waals surface area contributed by atoms with Crippen LogP contribution in [0.25, 0.3) is 0 Å². The van der Waals surface area contributed by atoms with E-state index in [-0.39, 0.29) is 6.61 Å². The number of nitrogens with zero attached hydrogens (tertiary/aromatic N) is 1. The molecule has 2 heteroatoms. The molecule has 1 aliphatic carbocycles. The van der Waals surface area contributed by atoms with Crippen molar-refractivity contribution in [3.8, 4) is 6.07 Å². The minimum absolute atomic E-state index is 0.0775. The van der Waals surface area contributed by atoms with Crippen LogP contribution in [0.15, 0.2) is 11.1 Å². The number of nitriles is 1. The summed E-state index contributed by atoms with van der Waals surface area (Å²) in [6.07, 6.45) is 4.40. The average molecular weight is 137 g/mol. The predicted octanol–water partition coefficient (Wildman–Crippen LogP) is 1.37. The topological polar surface area (TPSA) is 44.0 Å². The number of rotatable bonds is 1. The van der Waals surface area contributed by atoms with Crippen LogP contribution in [-0.2, 0) is 0 Å². The Labute approximate surface area is 60.8 Å². The maximum Gasteiger partial charge on any atom is 0.0971 e. The van der Waals surface area contributed by atoms with Crippen LogP contribution in [0.2, 0.25) is 0 Å². The number of aliphatic hydroxyl groups is 1. The molecule has 0 aromatic rings. The predicted molar refractivity (Wildman–Crippen MR) is 38.2 cm³/mol. The van der Waals surface area contributed by atoms with E-state index in [1.54, 1.807) is 0 Å². The van der Waals surface area contributed by atoms with Crippen LogP contribution < -0.4 is 0 Å². The largest absolute Gasteiger partial charge is 0.391 e. The Bertz CT molecular complexity index is 180. The van der Waals surface area contributed by atoms with E-state index in [4.69, 9.17) is 10.4 Å². The summed E-state index contributed by atoms with van der Waals surface area (Å²) in [6, 6.07) is 2.02. The summed E-state index contributed by atoms with van der Waals surface area (Å²) in [5.74, 6) is 0. The molecular formula is C8H11NO. The first kappa shape index (κ1) is 7.30. The maximum absolute atomic E-state index is 8.71. The monoisotopic (exact) mass is 137 g/mol. The summed E-state index contributed by atoms with van der Waals surface area (Å²) in [7, 11) is 0. The number of aliphatic hydroxyl groups excluding tert-OH is 1. The highest BCUT2D eigenvalue weighted by molar-refractivity contribution is 5.29. The SMILES string of the molecule is N#CC(CO)=C1CCCC1. The van der Waals surface area contributed by atoms with Crippen LogP contribution in [0.1, 0.15) is 25.7 Å². The van der Waals surface area contributed by atoms with E-state index in [1.807, 2.05) is 6.07 Å². The zero-order valence-corrected chi connectivity index (χ0v) is 5.93. The Morgan fingerprint density at radius 1 is 1.50 bits per heavy atom. The third-order valence-electron chi connectivity index (χ3n) is 1.93. The molecule has 1 rings (SSSR count). The summed E-state index contributed by atoms with van der Waals surface area (Å²) in [6.45, 7) is -0.0775. The van der Waals surface area contributed by atoms with Crippen LogP contribution in [-0.4, -0.2) is 11.7 Å². The smallest absolute Gasteiger partial charge is 0.0971 e. The molecule has 10 heavy (non-hydrogen) atoms. The molecule has 0 aromatic heterocycles. The van der Waals surface area contributed by atoms with Crippen molar-refractivity contribution >= 4 is 0 Å². The molecule has 0 amide bonds. The van der Waals surface area contributed by atoms with Crippen molar-refractivity contribution in [2.24, 2.45) is 0 Å². The zero-order valence-electron chi connectivity index (χ0n) is 5.93. The molecule has 0 heterocycles. The van der Waals surface area contributed by atoms with Crippen molar-refractivity contribution < 1.29 is 5.11 Å². The van der Waals surface area contributed by atoms with Crippen molar-refractivity contribution in [2.75, 3.05) is 6.61 Å². The molecule has 2 nitrogen and oxygen atoms in total. The standard InChI is InChI=1S/C8H11NO/c9-5-8(6-10)7-3-1-2-4-7/h10H,1-4,6H2. The van der Waals surface area contributed by atoms with Gasteiger partial charge >= 0.3 is 0 Å². The summed E-state index contributed by atoms with van der Waals surface area (Å²) in [5.41, 5.74) is 1.77. The minimum Gasteiger partial charge on any atom is -0.391 e. The van der Waals surface area contributed by atoms with Gasteiger partial charge in [0.15, 0.2) is 0 Å². The lowest BCUT2D eigenvalue weighted by molar-refractivity contribution is 0.334. The van der Waals surface area contributed by atoms with Crippen molar-refractivity contribution in [1.29, 1.82) is 5.26 Å². The number of allylic oxidation sites excluding steroid dienone is 1. The first-order chi connectivity index (χ1) is 4.88. The van der Waals surface area contributed by atoms with E-state index in [0.717, 1.165) is 12.8 Å². The first-order valence-corrected chi connectivity index (χ1v) is 3.60. The van der Waals surface area contributed by atoms with Gasteiger partial charge in [0.25, 0.3) is 0 Å². The van der Waals surface area contributed by atoms with Gasteiger partial charge in [-0.05, 0) is 25.7 Å². The van der Waals surface area contributed by atoms with Gasteiger partial charge < -0.3 is 5.11 Å². The van der Waals surface area contributed by atoms with E-state index >= 15 is 0 Å². The summed E-state index contributed by atoms with van der Waals surface area (Å²) < 4.78 is 0. The van der Waals surface area contributed by atoms with Gasteiger partial charge in [-0.2, -0.15) is 5.26 Å². The number of hydrogen-bond donors (Lipinski definition) is 1. The van der Waals surface area contributed by atoms with Crippen LogP contribution in [0.5, 0.6) is 0 Å². The highest BCUT2D eigenvalue weighted by Gasteiger charge is 2.10. The Kier molecular flexibility index (Phi) is 2.47. The van der Waals surface area contributed by atoms with Crippen molar-refractivity contribution in [3.05, 3.63) is 11.1 Å². The fourth-order valence-corrected chi connectivity index (χ4v) is 1.33. The van der Waals surface area contributed by atoms with Gasteiger partial charge in [-0.15, -0.1) is 0 Å².